The van der Waals surface area contributed by atoms with Crippen LogP contribution in [-0.4, -0.2) is 0 Å². The summed E-state index contributed by atoms with van der Waals surface area (Å²) in [4.78, 5) is 0. The molecule has 0 aliphatic rings. The largest absolute Gasteiger partial charge is 0.398 e. The van der Waals surface area contributed by atoms with Crippen LogP contribution in [0.1, 0.15) is 5.56 Å². The highest BCUT2D eigenvalue weighted by Crippen LogP contribution is 2.23. The molecule has 0 unspecified atom stereocenters. The Balaban J connectivity index is 3.14. The molecule has 3 heteroatoms. The fraction of sp³-hybridized carbons (Fsp3) is 0.143. The molecule has 1 rings (SSSR count). The number of benzene rings is 1. The molecule has 2 N–H and O–H groups in total. The fourth-order valence-corrected chi connectivity index (χ4v) is 0.879. The normalized spacial score (nSPS) is 9.80. The Bertz CT molecular complexity index is 237. The van der Waals surface area contributed by atoms with E-state index in [1.165, 1.54) is 0 Å². The highest BCUT2D eigenvalue weighted by atomic mass is 35.5. The molecule has 0 aliphatic heterocycles. The molecule has 0 saturated heterocycles. The van der Waals surface area contributed by atoms with Gasteiger partial charge in [-0.2, -0.15) is 0 Å². The minimum Gasteiger partial charge on any atom is -0.398 e. The summed E-state index contributed by atoms with van der Waals surface area (Å²) < 4.78 is 12.0. The Kier molecular flexibility index (Phi) is 2.12. The summed E-state index contributed by atoms with van der Waals surface area (Å²) in [5, 5.41) is 0.324. The average Bonchev–Trinajstić information content (AvgIpc) is 1.95. The van der Waals surface area contributed by atoms with E-state index in [4.69, 9.17) is 17.3 Å². The van der Waals surface area contributed by atoms with Crippen LogP contribution >= 0.6 is 11.6 Å². The summed E-state index contributed by atoms with van der Waals surface area (Å²) in [6.45, 7) is -0.566. The van der Waals surface area contributed by atoms with Gasteiger partial charge >= 0.3 is 0 Å². The maximum Gasteiger partial charge on any atom is 0.116 e. The Morgan fingerprint density at radius 3 is 2.70 bits per heavy atom. The van der Waals surface area contributed by atoms with Crippen molar-refractivity contribution in [3.8, 4) is 0 Å². The Morgan fingerprint density at radius 1 is 1.50 bits per heavy atom. The molecule has 1 aromatic rings. The molecule has 0 saturated carbocycles. The summed E-state index contributed by atoms with van der Waals surface area (Å²) in [6, 6.07) is 4.93. The topological polar surface area (TPSA) is 26.0 Å². The van der Waals surface area contributed by atoms with E-state index < -0.39 is 6.67 Å². The van der Waals surface area contributed by atoms with E-state index in [-0.39, 0.29) is 0 Å². The molecule has 0 atom stereocenters. The lowest BCUT2D eigenvalue weighted by atomic mass is 10.2. The van der Waals surface area contributed by atoms with Crippen molar-refractivity contribution in [3.05, 3.63) is 28.8 Å². The van der Waals surface area contributed by atoms with Crippen LogP contribution in [0, 0.1) is 0 Å². The third kappa shape index (κ3) is 1.21. The van der Waals surface area contributed by atoms with E-state index in [9.17, 15) is 4.39 Å². The SMILES string of the molecule is Nc1cccc(CF)c1Cl. The van der Waals surface area contributed by atoms with Crippen LogP contribution in [0.2, 0.25) is 5.02 Å². The second kappa shape index (κ2) is 2.88. The van der Waals surface area contributed by atoms with Gasteiger partial charge in [0.25, 0.3) is 0 Å². The second-order valence-electron chi connectivity index (χ2n) is 1.95. The number of nitrogen functional groups attached to an aromatic ring is 1. The predicted molar refractivity (Wildman–Crippen MR) is 40.7 cm³/mol. The van der Waals surface area contributed by atoms with Gasteiger partial charge in [0.15, 0.2) is 0 Å². The van der Waals surface area contributed by atoms with Gasteiger partial charge in [-0.3, -0.25) is 0 Å². The van der Waals surface area contributed by atoms with Crippen molar-refractivity contribution in [2.75, 3.05) is 5.73 Å². The van der Waals surface area contributed by atoms with Crippen molar-refractivity contribution < 1.29 is 4.39 Å². The zero-order chi connectivity index (χ0) is 7.56. The molecule has 0 radical (unpaired) electrons. The van der Waals surface area contributed by atoms with Crippen LogP contribution in [-0.2, 0) is 6.67 Å². The first kappa shape index (κ1) is 7.35. The molecule has 0 fully saturated rings. The van der Waals surface area contributed by atoms with E-state index in [2.05, 4.69) is 0 Å². The van der Waals surface area contributed by atoms with Crippen LogP contribution < -0.4 is 5.73 Å². The van der Waals surface area contributed by atoms with E-state index in [1.54, 1.807) is 18.2 Å². The minimum atomic E-state index is -0.566. The highest BCUT2D eigenvalue weighted by Gasteiger charge is 2.00. The van der Waals surface area contributed by atoms with Gasteiger partial charge in [-0.1, -0.05) is 23.7 Å². The Labute approximate surface area is 63.6 Å². The van der Waals surface area contributed by atoms with Gasteiger partial charge in [-0.15, -0.1) is 0 Å². The van der Waals surface area contributed by atoms with Crippen molar-refractivity contribution in [2.24, 2.45) is 0 Å². The van der Waals surface area contributed by atoms with Gasteiger partial charge in [0.2, 0.25) is 0 Å². The van der Waals surface area contributed by atoms with Gasteiger partial charge in [-0.05, 0) is 6.07 Å². The van der Waals surface area contributed by atoms with Gasteiger partial charge < -0.3 is 5.73 Å². The summed E-state index contributed by atoms with van der Waals surface area (Å²) >= 11 is 5.63. The Morgan fingerprint density at radius 2 is 2.20 bits per heavy atom. The zero-order valence-electron chi connectivity index (χ0n) is 5.27. The van der Waals surface area contributed by atoms with Crippen LogP contribution in [0.15, 0.2) is 18.2 Å². The van der Waals surface area contributed by atoms with Crippen molar-refractivity contribution in [3.63, 3.8) is 0 Å². The molecule has 10 heavy (non-hydrogen) atoms. The summed E-state index contributed by atoms with van der Waals surface area (Å²) in [6.07, 6.45) is 0. The lowest BCUT2D eigenvalue weighted by Gasteiger charge is -2.00. The fourth-order valence-electron chi connectivity index (χ4n) is 0.703. The monoisotopic (exact) mass is 159 g/mol. The summed E-state index contributed by atoms with van der Waals surface area (Å²) in [5.41, 5.74) is 6.27. The smallest absolute Gasteiger partial charge is 0.116 e. The number of alkyl halides is 1. The third-order valence-electron chi connectivity index (χ3n) is 1.25. The van der Waals surface area contributed by atoms with Crippen molar-refractivity contribution in [2.45, 2.75) is 6.67 Å². The molecule has 0 aromatic heterocycles. The van der Waals surface area contributed by atoms with E-state index in [0.717, 1.165) is 0 Å². The number of hydrogen-bond donors (Lipinski definition) is 1. The molecular weight excluding hydrogens is 153 g/mol. The molecule has 1 nitrogen and oxygen atoms in total. The van der Waals surface area contributed by atoms with Crippen LogP contribution in [0.25, 0.3) is 0 Å². The molecule has 0 bridgehead atoms. The molecule has 0 heterocycles. The first-order chi connectivity index (χ1) is 4.75. The van der Waals surface area contributed by atoms with Crippen LogP contribution in [0.3, 0.4) is 0 Å². The van der Waals surface area contributed by atoms with Crippen LogP contribution in [0.4, 0.5) is 10.1 Å². The second-order valence-corrected chi connectivity index (χ2v) is 2.33. The quantitative estimate of drug-likeness (QED) is 0.626. The van der Waals surface area contributed by atoms with Crippen LogP contribution in [0.5, 0.6) is 0 Å². The standard InChI is InChI=1S/C7H7ClFN/c8-7-5(4-9)2-1-3-6(7)10/h1-3H,4,10H2. The van der Waals surface area contributed by atoms with E-state index in [0.29, 0.717) is 16.3 Å². The summed E-state index contributed by atoms with van der Waals surface area (Å²) in [5.74, 6) is 0. The first-order valence-electron chi connectivity index (χ1n) is 2.84. The van der Waals surface area contributed by atoms with Crippen molar-refractivity contribution >= 4 is 17.3 Å². The maximum atomic E-state index is 12.0. The molecule has 0 aliphatic carbocycles. The lowest BCUT2D eigenvalue weighted by Crippen LogP contribution is -1.89. The third-order valence-corrected chi connectivity index (χ3v) is 1.71. The minimum absolute atomic E-state index is 0.324. The number of hydrogen-bond acceptors (Lipinski definition) is 1. The molecule has 0 spiro atoms. The van der Waals surface area contributed by atoms with Crippen molar-refractivity contribution in [1.82, 2.24) is 0 Å². The van der Waals surface area contributed by atoms with Gasteiger partial charge in [-0.25, -0.2) is 4.39 Å². The number of anilines is 1. The number of rotatable bonds is 1. The predicted octanol–water partition coefficient (Wildman–Crippen LogP) is 2.39. The lowest BCUT2D eigenvalue weighted by molar-refractivity contribution is 0.485. The maximum absolute atomic E-state index is 12.0. The first-order valence-corrected chi connectivity index (χ1v) is 3.22. The number of nitrogens with two attached hydrogens (primary N) is 1. The van der Waals surface area contributed by atoms with E-state index >= 15 is 0 Å². The molecular formula is C7H7ClFN. The van der Waals surface area contributed by atoms with Gasteiger partial charge in [0.05, 0.1) is 10.7 Å². The molecule has 1 aromatic carbocycles. The zero-order valence-corrected chi connectivity index (χ0v) is 6.03. The van der Waals surface area contributed by atoms with E-state index in [1.807, 2.05) is 0 Å². The molecule has 54 valence electrons. The summed E-state index contributed by atoms with van der Waals surface area (Å²) in [7, 11) is 0. The van der Waals surface area contributed by atoms with Crippen molar-refractivity contribution in [1.29, 1.82) is 0 Å². The van der Waals surface area contributed by atoms with Gasteiger partial charge in [0.1, 0.15) is 6.67 Å². The van der Waals surface area contributed by atoms with Gasteiger partial charge in [0, 0.05) is 5.56 Å². The highest BCUT2D eigenvalue weighted by molar-refractivity contribution is 6.33. The molecule has 0 amide bonds. The Hall–Kier alpha value is -0.760. The average molecular weight is 160 g/mol. The number of halogens is 2.